The second-order valence-corrected chi connectivity index (χ2v) is 7.18. The zero-order chi connectivity index (χ0) is 17.9. The van der Waals surface area contributed by atoms with Crippen molar-refractivity contribution in [2.45, 2.75) is 20.3 Å². The van der Waals surface area contributed by atoms with Gasteiger partial charge in [-0.05, 0) is 29.8 Å². The molecule has 0 bridgehead atoms. The first-order chi connectivity index (χ1) is 11.3. The van der Waals surface area contributed by atoms with Crippen LogP contribution in [0.2, 0.25) is 0 Å². The molecule has 1 aliphatic heterocycles. The fourth-order valence-electron chi connectivity index (χ4n) is 1.98. The third kappa shape index (κ3) is 4.39. The summed E-state index contributed by atoms with van der Waals surface area (Å²) in [7, 11) is 0. The molecule has 126 valence electrons. The Hall–Kier alpha value is -2.26. The molecule has 0 aliphatic carbocycles. The molecule has 0 unspecified atom stereocenters. The van der Waals surface area contributed by atoms with Crippen molar-refractivity contribution < 1.29 is 14.5 Å². The molecule has 2 amide bonds. The summed E-state index contributed by atoms with van der Waals surface area (Å²) in [5, 5.41) is 11.8. The fraction of sp³-hybridized carbons (Fsp3) is 0.267. The number of nitro groups is 1. The number of nitrogens with one attached hydrogen (secondary N) is 1. The number of amides is 2. The van der Waals surface area contributed by atoms with E-state index in [1.165, 1.54) is 24.3 Å². The molecular weight excluding hydrogens is 350 g/mol. The molecule has 1 saturated heterocycles. The van der Waals surface area contributed by atoms with Crippen molar-refractivity contribution in [1.82, 2.24) is 10.4 Å². The molecule has 0 aromatic heterocycles. The van der Waals surface area contributed by atoms with Crippen LogP contribution in [0.3, 0.4) is 0 Å². The number of non-ortho nitro benzene ring substituents is 1. The van der Waals surface area contributed by atoms with Gasteiger partial charge in [0.25, 0.3) is 11.6 Å². The molecule has 1 N–H and O–H groups in total. The minimum Gasteiger partial charge on any atom is -0.273 e. The van der Waals surface area contributed by atoms with Crippen LogP contribution in [0.1, 0.15) is 25.8 Å². The normalized spacial score (nSPS) is 16.1. The van der Waals surface area contributed by atoms with E-state index in [4.69, 9.17) is 12.2 Å². The molecule has 7 nitrogen and oxygen atoms in total. The number of carbonyl (C=O) groups is 2. The van der Waals surface area contributed by atoms with Gasteiger partial charge in [0.05, 0.1) is 9.83 Å². The van der Waals surface area contributed by atoms with E-state index in [0.717, 1.165) is 16.8 Å². The molecule has 1 aromatic rings. The zero-order valence-electron chi connectivity index (χ0n) is 13.0. The highest BCUT2D eigenvalue weighted by Crippen LogP contribution is 2.31. The highest BCUT2D eigenvalue weighted by Gasteiger charge is 2.33. The topological polar surface area (TPSA) is 92.6 Å². The van der Waals surface area contributed by atoms with Crippen LogP contribution < -0.4 is 5.43 Å². The molecule has 9 heteroatoms. The van der Waals surface area contributed by atoms with Crippen LogP contribution >= 0.6 is 24.0 Å². The van der Waals surface area contributed by atoms with Crippen molar-refractivity contribution in [3.8, 4) is 0 Å². The minimum absolute atomic E-state index is 0.0653. The second kappa shape index (κ2) is 7.54. The highest BCUT2D eigenvalue weighted by molar-refractivity contribution is 8.26. The number of hydrazine groups is 1. The van der Waals surface area contributed by atoms with Gasteiger partial charge in [0.15, 0.2) is 4.32 Å². The van der Waals surface area contributed by atoms with Gasteiger partial charge < -0.3 is 0 Å². The number of carbonyl (C=O) groups excluding carboxylic acids is 2. The number of hydrogen-bond acceptors (Lipinski definition) is 6. The van der Waals surface area contributed by atoms with E-state index < -0.39 is 10.8 Å². The molecule has 1 aromatic carbocycles. The maximum Gasteiger partial charge on any atom is 0.285 e. The van der Waals surface area contributed by atoms with Crippen LogP contribution in [0.15, 0.2) is 29.2 Å². The molecule has 2 rings (SSSR count). The van der Waals surface area contributed by atoms with Gasteiger partial charge in [0.2, 0.25) is 5.91 Å². The third-order valence-electron chi connectivity index (χ3n) is 3.00. The van der Waals surface area contributed by atoms with Crippen molar-refractivity contribution in [3.05, 3.63) is 44.8 Å². The summed E-state index contributed by atoms with van der Waals surface area (Å²) in [6, 6.07) is 5.92. The average Bonchev–Trinajstić information content (AvgIpc) is 2.74. The maximum absolute atomic E-state index is 12.4. The standard InChI is InChI=1S/C15H15N3O4S2/c1-9(2)6-13(19)16-17-14(20)12(24-15(17)23)8-10-4-3-5-11(7-10)18(21)22/h3-5,7-9H,6H2,1-2H3,(H,16,19)/b12-8-. The largest absolute Gasteiger partial charge is 0.285 e. The van der Waals surface area contributed by atoms with E-state index in [9.17, 15) is 19.7 Å². The van der Waals surface area contributed by atoms with Crippen molar-refractivity contribution in [1.29, 1.82) is 0 Å². The van der Waals surface area contributed by atoms with Gasteiger partial charge in [-0.15, -0.1) is 0 Å². The number of thiocarbonyl (C=S) groups is 1. The smallest absolute Gasteiger partial charge is 0.273 e. The fourth-order valence-corrected chi connectivity index (χ4v) is 3.16. The van der Waals surface area contributed by atoms with Crippen molar-refractivity contribution in [2.75, 3.05) is 0 Å². The number of hydrogen-bond donors (Lipinski definition) is 1. The van der Waals surface area contributed by atoms with Crippen LogP contribution in [0.5, 0.6) is 0 Å². The maximum atomic E-state index is 12.4. The van der Waals surface area contributed by atoms with Crippen LogP contribution in [0, 0.1) is 16.0 Å². The monoisotopic (exact) mass is 365 g/mol. The predicted octanol–water partition coefficient (Wildman–Crippen LogP) is 2.87. The molecule has 24 heavy (non-hydrogen) atoms. The summed E-state index contributed by atoms with van der Waals surface area (Å²) >= 11 is 6.15. The van der Waals surface area contributed by atoms with E-state index in [0.29, 0.717) is 10.5 Å². The molecule has 0 saturated carbocycles. The molecular formula is C15H15N3O4S2. The van der Waals surface area contributed by atoms with Crippen LogP contribution in [0.4, 0.5) is 5.69 Å². The quantitative estimate of drug-likeness (QED) is 0.373. The SMILES string of the molecule is CC(C)CC(=O)NN1C(=O)/C(=C/c2cccc([N+](=O)[O-])c2)SC1=S. The Morgan fingerprint density at radius 2 is 2.21 bits per heavy atom. The Labute approximate surface area is 148 Å². The molecule has 1 fully saturated rings. The van der Waals surface area contributed by atoms with E-state index in [1.807, 2.05) is 13.8 Å². The lowest BCUT2D eigenvalue weighted by molar-refractivity contribution is -0.384. The van der Waals surface area contributed by atoms with Gasteiger partial charge in [-0.2, -0.15) is 5.01 Å². The van der Waals surface area contributed by atoms with Crippen LogP contribution in [-0.2, 0) is 9.59 Å². The summed E-state index contributed by atoms with van der Waals surface area (Å²) in [6.45, 7) is 3.79. The predicted molar refractivity (Wildman–Crippen MR) is 95.7 cm³/mol. The molecule has 1 aliphatic rings. The van der Waals surface area contributed by atoms with Gasteiger partial charge >= 0.3 is 0 Å². The first kappa shape index (κ1) is 18.1. The lowest BCUT2D eigenvalue weighted by Gasteiger charge is -2.16. The Balaban J connectivity index is 2.17. The lowest BCUT2D eigenvalue weighted by atomic mass is 10.1. The number of nitrogens with zero attached hydrogens (tertiary/aromatic N) is 2. The summed E-state index contributed by atoms with van der Waals surface area (Å²) in [4.78, 5) is 34.8. The highest BCUT2D eigenvalue weighted by atomic mass is 32.2. The first-order valence-electron chi connectivity index (χ1n) is 7.10. The Bertz CT molecular complexity index is 746. The first-order valence-corrected chi connectivity index (χ1v) is 8.32. The number of benzene rings is 1. The lowest BCUT2D eigenvalue weighted by Crippen LogP contribution is -2.45. The summed E-state index contributed by atoms with van der Waals surface area (Å²) < 4.78 is 0.216. The second-order valence-electron chi connectivity index (χ2n) is 5.50. The third-order valence-corrected chi connectivity index (χ3v) is 4.30. The number of rotatable bonds is 5. The Morgan fingerprint density at radius 3 is 2.83 bits per heavy atom. The van der Waals surface area contributed by atoms with Crippen molar-refractivity contribution in [3.63, 3.8) is 0 Å². The van der Waals surface area contributed by atoms with Crippen molar-refractivity contribution in [2.24, 2.45) is 5.92 Å². The molecule has 1 heterocycles. The van der Waals surface area contributed by atoms with Gasteiger partial charge in [-0.3, -0.25) is 25.1 Å². The van der Waals surface area contributed by atoms with E-state index in [2.05, 4.69) is 5.43 Å². The number of nitro benzene ring substituents is 1. The molecule has 0 radical (unpaired) electrons. The summed E-state index contributed by atoms with van der Waals surface area (Å²) in [5.74, 6) is -0.588. The molecule has 0 spiro atoms. The van der Waals surface area contributed by atoms with Gasteiger partial charge in [-0.1, -0.05) is 37.7 Å². The summed E-state index contributed by atoms with van der Waals surface area (Å²) in [5.41, 5.74) is 2.94. The Morgan fingerprint density at radius 1 is 1.50 bits per heavy atom. The molecule has 0 atom stereocenters. The summed E-state index contributed by atoms with van der Waals surface area (Å²) in [6.07, 6.45) is 1.79. The van der Waals surface area contributed by atoms with Crippen LogP contribution in [-0.4, -0.2) is 26.1 Å². The van der Waals surface area contributed by atoms with Crippen LogP contribution in [0.25, 0.3) is 6.08 Å². The van der Waals surface area contributed by atoms with Gasteiger partial charge in [-0.25, -0.2) is 0 Å². The van der Waals surface area contributed by atoms with Gasteiger partial charge in [0.1, 0.15) is 0 Å². The Kier molecular flexibility index (Phi) is 5.68. The zero-order valence-corrected chi connectivity index (χ0v) is 14.6. The van der Waals surface area contributed by atoms with E-state index in [-0.39, 0.29) is 28.3 Å². The average molecular weight is 365 g/mol. The van der Waals surface area contributed by atoms with E-state index >= 15 is 0 Å². The minimum atomic E-state index is -0.505. The van der Waals surface area contributed by atoms with E-state index in [1.54, 1.807) is 6.07 Å². The number of thioether (sulfide) groups is 1. The van der Waals surface area contributed by atoms with Gasteiger partial charge in [0, 0.05) is 18.6 Å². The van der Waals surface area contributed by atoms with Crippen molar-refractivity contribution >= 4 is 51.9 Å².